The number of likely N-dealkylation sites (tertiary alicyclic amines) is 1. The lowest BCUT2D eigenvalue weighted by molar-refractivity contribution is -0.126. The minimum Gasteiger partial charge on any atom is -0.497 e. The van der Waals surface area contributed by atoms with Crippen LogP contribution in [-0.2, 0) is 4.79 Å². The van der Waals surface area contributed by atoms with Crippen LogP contribution in [0.15, 0.2) is 23.1 Å². The van der Waals surface area contributed by atoms with Crippen molar-refractivity contribution < 1.29 is 9.53 Å². The zero-order valence-electron chi connectivity index (χ0n) is 9.97. The first kappa shape index (κ1) is 12.1. The summed E-state index contributed by atoms with van der Waals surface area (Å²) in [4.78, 5) is 14.5. The monoisotopic (exact) mass is 252 g/mol. The quantitative estimate of drug-likeness (QED) is 0.830. The molecule has 1 heterocycles. The molecule has 1 atom stereocenters. The van der Waals surface area contributed by atoms with Gasteiger partial charge < -0.3 is 15.4 Å². The van der Waals surface area contributed by atoms with E-state index in [1.807, 2.05) is 25.2 Å². The van der Waals surface area contributed by atoms with E-state index < -0.39 is 0 Å². The third kappa shape index (κ3) is 2.49. The lowest BCUT2D eigenvalue weighted by Gasteiger charge is -2.12. The second kappa shape index (κ2) is 4.87. The minimum absolute atomic E-state index is 0.0191. The molecule has 5 heteroatoms. The van der Waals surface area contributed by atoms with Crippen LogP contribution in [0.2, 0.25) is 0 Å². The molecule has 1 saturated heterocycles. The van der Waals surface area contributed by atoms with Crippen LogP contribution in [0.4, 0.5) is 5.69 Å². The van der Waals surface area contributed by atoms with E-state index >= 15 is 0 Å². The number of benzene rings is 1. The van der Waals surface area contributed by atoms with Crippen LogP contribution < -0.4 is 10.5 Å². The van der Waals surface area contributed by atoms with E-state index in [1.165, 1.54) is 11.8 Å². The standard InChI is InChI=1S/C12H16N2O2S/c1-14-6-5-10(12(14)15)17-11-7-8(16-2)3-4-9(11)13/h3-4,7,10H,5-6,13H2,1-2H3. The smallest absolute Gasteiger partial charge is 0.235 e. The van der Waals surface area contributed by atoms with Crippen molar-refractivity contribution in [3.63, 3.8) is 0 Å². The molecule has 0 aromatic heterocycles. The molecule has 1 aliphatic heterocycles. The molecule has 4 nitrogen and oxygen atoms in total. The van der Waals surface area contributed by atoms with Crippen LogP contribution in [0.25, 0.3) is 0 Å². The van der Waals surface area contributed by atoms with Crippen molar-refractivity contribution in [1.82, 2.24) is 4.90 Å². The van der Waals surface area contributed by atoms with E-state index in [2.05, 4.69) is 0 Å². The third-order valence-corrected chi connectivity index (χ3v) is 4.20. The number of ether oxygens (including phenoxy) is 1. The Hall–Kier alpha value is -1.36. The van der Waals surface area contributed by atoms with Crippen molar-refractivity contribution >= 4 is 23.4 Å². The SMILES string of the molecule is COc1ccc(N)c(SC2CCN(C)C2=O)c1. The molecule has 1 fully saturated rings. The molecule has 0 bridgehead atoms. The molecule has 0 aliphatic carbocycles. The zero-order chi connectivity index (χ0) is 12.4. The molecule has 1 aromatic carbocycles. The molecule has 1 amide bonds. The molecule has 0 saturated carbocycles. The average molecular weight is 252 g/mol. The molecule has 2 N–H and O–H groups in total. The number of nitrogens with zero attached hydrogens (tertiary/aromatic N) is 1. The highest BCUT2D eigenvalue weighted by molar-refractivity contribution is 8.00. The minimum atomic E-state index is -0.0191. The Morgan fingerprint density at radius 2 is 2.29 bits per heavy atom. The van der Waals surface area contributed by atoms with E-state index in [0.29, 0.717) is 5.69 Å². The Morgan fingerprint density at radius 1 is 1.53 bits per heavy atom. The van der Waals surface area contributed by atoms with Crippen molar-refractivity contribution in [2.45, 2.75) is 16.6 Å². The van der Waals surface area contributed by atoms with Gasteiger partial charge in [-0.3, -0.25) is 4.79 Å². The lowest BCUT2D eigenvalue weighted by atomic mass is 10.3. The van der Waals surface area contributed by atoms with Gasteiger partial charge in [-0.1, -0.05) is 0 Å². The Bertz CT molecular complexity index is 437. The molecule has 1 aliphatic rings. The number of rotatable bonds is 3. The first-order valence-electron chi connectivity index (χ1n) is 5.47. The predicted molar refractivity (Wildman–Crippen MR) is 69.3 cm³/mol. The van der Waals surface area contributed by atoms with Gasteiger partial charge in [-0.25, -0.2) is 0 Å². The summed E-state index contributed by atoms with van der Waals surface area (Å²) >= 11 is 1.52. The van der Waals surface area contributed by atoms with Gasteiger partial charge in [0.15, 0.2) is 0 Å². The summed E-state index contributed by atoms with van der Waals surface area (Å²) in [5.74, 6) is 0.942. The lowest BCUT2D eigenvalue weighted by Crippen LogP contribution is -2.23. The van der Waals surface area contributed by atoms with Crippen molar-refractivity contribution in [1.29, 1.82) is 0 Å². The number of nitrogens with two attached hydrogens (primary N) is 1. The molecular formula is C12H16N2O2S. The number of carbonyl (C=O) groups excluding carboxylic acids is 1. The van der Waals surface area contributed by atoms with Crippen LogP contribution in [0.1, 0.15) is 6.42 Å². The van der Waals surface area contributed by atoms with Gasteiger partial charge in [0, 0.05) is 24.2 Å². The summed E-state index contributed by atoms with van der Waals surface area (Å²) in [6.07, 6.45) is 0.872. The summed E-state index contributed by atoms with van der Waals surface area (Å²) in [6, 6.07) is 5.51. The Labute approximate surface area is 105 Å². The first-order valence-corrected chi connectivity index (χ1v) is 6.35. The number of carbonyl (C=O) groups is 1. The summed E-state index contributed by atoms with van der Waals surface area (Å²) in [5.41, 5.74) is 6.59. The van der Waals surface area contributed by atoms with Crippen molar-refractivity contribution in [2.75, 3.05) is 26.4 Å². The zero-order valence-corrected chi connectivity index (χ0v) is 10.8. The summed E-state index contributed by atoms with van der Waals surface area (Å²) in [7, 11) is 3.45. The molecule has 0 spiro atoms. The van der Waals surface area contributed by atoms with Gasteiger partial charge in [-0.15, -0.1) is 11.8 Å². The molecular weight excluding hydrogens is 236 g/mol. The normalized spacial score (nSPS) is 19.8. The van der Waals surface area contributed by atoms with Crippen molar-refractivity contribution in [3.05, 3.63) is 18.2 Å². The molecule has 0 radical (unpaired) electrons. The van der Waals surface area contributed by atoms with Crippen LogP contribution in [-0.4, -0.2) is 36.8 Å². The van der Waals surface area contributed by atoms with E-state index in [0.717, 1.165) is 23.6 Å². The number of nitrogen functional groups attached to an aromatic ring is 1. The largest absolute Gasteiger partial charge is 0.497 e. The Kier molecular flexibility index (Phi) is 3.47. The highest BCUT2D eigenvalue weighted by atomic mass is 32.2. The highest BCUT2D eigenvalue weighted by Crippen LogP contribution is 2.35. The molecule has 1 aromatic rings. The number of hydrogen-bond donors (Lipinski definition) is 1. The van der Waals surface area contributed by atoms with Gasteiger partial charge in [0.2, 0.25) is 5.91 Å². The molecule has 17 heavy (non-hydrogen) atoms. The van der Waals surface area contributed by atoms with Gasteiger partial charge in [-0.05, 0) is 24.6 Å². The maximum absolute atomic E-state index is 11.8. The Balaban J connectivity index is 2.15. The number of thioether (sulfide) groups is 1. The fourth-order valence-electron chi connectivity index (χ4n) is 1.80. The van der Waals surface area contributed by atoms with Crippen molar-refractivity contribution in [3.8, 4) is 5.75 Å². The first-order chi connectivity index (χ1) is 8.11. The molecule has 2 rings (SSSR count). The van der Waals surface area contributed by atoms with E-state index in [9.17, 15) is 4.79 Å². The number of anilines is 1. The fourth-order valence-corrected chi connectivity index (χ4v) is 3.00. The second-order valence-electron chi connectivity index (χ2n) is 4.06. The van der Waals surface area contributed by atoms with Crippen LogP contribution >= 0.6 is 11.8 Å². The fraction of sp³-hybridized carbons (Fsp3) is 0.417. The van der Waals surface area contributed by atoms with Crippen LogP contribution in [0.3, 0.4) is 0 Å². The number of methoxy groups -OCH3 is 1. The van der Waals surface area contributed by atoms with Crippen molar-refractivity contribution in [2.24, 2.45) is 0 Å². The van der Waals surface area contributed by atoms with E-state index in [4.69, 9.17) is 10.5 Å². The summed E-state index contributed by atoms with van der Waals surface area (Å²) < 4.78 is 5.16. The van der Waals surface area contributed by atoms with Gasteiger partial charge in [0.25, 0.3) is 0 Å². The number of amides is 1. The van der Waals surface area contributed by atoms with Crippen LogP contribution in [0, 0.1) is 0 Å². The van der Waals surface area contributed by atoms with Gasteiger partial charge in [0.05, 0.1) is 12.4 Å². The average Bonchev–Trinajstić information content (AvgIpc) is 2.64. The second-order valence-corrected chi connectivity index (χ2v) is 5.30. The summed E-state index contributed by atoms with van der Waals surface area (Å²) in [6.45, 7) is 0.820. The third-order valence-electron chi connectivity index (χ3n) is 2.87. The van der Waals surface area contributed by atoms with Gasteiger partial charge in [-0.2, -0.15) is 0 Å². The maximum atomic E-state index is 11.8. The van der Waals surface area contributed by atoms with Gasteiger partial charge >= 0.3 is 0 Å². The maximum Gasteiger partial charge on any atom is 0.235 e. The molecule has 92 valence electrons. The van der Waals surface area contributed by atoms with Crippen LogP contribution in [0.5, 0.6) is 5.75 Å². The van der Waals surface area contributed by atoms with Gasteiger partial charge in [0.1, 0.15) is 5.75 Å². The number of hydrogen-bond acceptors (Lipinski definition) is 4. The topological polar surface area (TPSA) is 55.6 Å². The summed E-state index contributed by atoms with van der Waals surface area (Å²) in [5, 5.41) is -0.0191. The highest BCUT2D eigenvalue weighted by Gasteiger charge is 2.30. The molecule has 1 unspecified atom stereocenters. The van der Waals surface area contributed by atoms with E-state index in [1.54, 1.807) is 12.0 Å². The van der Waals surface area contributed by atoms with E-state index in [-0.39, 0.29) is 11.2 Å². The predicted octanol–water partition coefficient (Wildman–Crippen LogP) is 1.60. The Morgan fingerprint density at radius 3 is 2.88 bits per heavy atom.